The molecule has 0 saturated carbocycles. The Kier molecular flexibility index (Phi) is 1.79. The molecule has 1 saturated heterocycles. The largest absolute Gasteiger partial charge is 0.377 e. The number of hydrazine groups is 1. The van der Waals surface area contributed by atoms with Gasteiger partial charge in [-0.25, -0.2) is 10.4 Å². The number of hydrogen-bond acceptors (Lipinski definition) is 4. The standard InChI is InChI=1S/C10H12N4O/c11-14-10(4-15-5-10)7-1-2-8-9(3-7)13-6-12-8/h1-3,6,14H,4-5,11H2,(H,12,13). The van der Waals surface area contributed by atoms with Crippen molar-refractivity contribution >= 4 is 11.0 Å². The number of rotatable bonds is 2. The summed E-state index contributed by atoms with van der Waals surface area (Å²) in [5.41, 5.74) is 5.72. The number of fused-ring (bicyclic) bond motifs is 1. The van der Waals surface area contributed by atoms with Gasteiger partial charge in [0.1, 0.15) is 5.54 Å². The highest BCUT2D eigenvalue weighted by atomic mass is 16.5. The lowest BCUT2D eigenvalue weighted by Crippen LogP contribution is -2.60. The molecule has 4 N–H and O–H groups in total. The number of H-pyrrole nitrogens is 1. The van der Waals surface area contributed by atoms with Crippen molar-refractivity contribution in [1.29, 1.82) is 0 Å². The fourth-order valence-electron chi connectivity index (χ4n) is 1.87. The fraction of sp³-hybridized carbons (Fsp3) is 0.300. The Morgan fingerprint density at radius 1 is 1.47 bits per heavy atom. The number of benzene rings is 1. The van der Waals surface area contributed by atoms with Crippen LogP contribution in [0.25, 0.3) is 11.0 Å². The van der Waals surface area contributed by atoms with E-state index in [1.807, 2.05) is 12.1 Å². The van der Waals surface area contributed by atoms with E-state index in [4.69, 9.17) is 10.6 Å². The van der Waals surface area contributed by atoms with Crippen LogP contribution in [0.2, 0.25) is 0 Å². The summed E-state index contributed by atoms with van der Waals surface area (Å²) in [5.74, 6) is 5.56. The van der Waals surface area contributed by atoms with Crippen molar-refractivity contribution in [2.24, 2.45) is 5.84 Å². The van der Waals surface area contributed by atoms with E-state index in [1.165, 1.54) is 0 Å². The molecule has 2 aromatic rings. The normalized spacial score (nSPS) is 19.0. The summed E-state index contributed by atoms with van der Waals surface area (Å²) in [5, 5.41) is 0. The molecule has 1 aliphatic heterocycles. The van der Waals surface area contributed by atoms with Crippen molar-refractivity contribution in [3.05, 3.63) is 30.1 Å². The maximum absolute atomic E-state index is 5.56. The van der Waals surface area contributed by atoms with E-state index in [0.29, 0.717) is 13.2 Å². The molecule has 3 rings (SSSR count). The number of imidazole rings is 1. The van der Waals surface area contributed by atoms with Crippen LogP contribution in [0.3, 0.4) is 0 Å². The Morgan fingerprint density at radius 3 is 3.00 bits per heavy atom. The van der Waals surface area contributed by atoms with Crippen LogP contribution in [-0.4, -0.2) is 23.2 Å². The SMILES string of the molecule is NNC1(c2ccc3nc[nH]c3c2)COC1. The highest BCUT2D eigenvalue weighted by Crippen LogP contribution is 2.29. The number of aromatic nitrogens is 2. The Labute approximate surface area is 86.6 Å². The molecule has 1 aliphatic rings. The minimum atomic E-state index is -0.223. The summed E-state index contributed by atoms with van der Waals surface area (Å²) in [6.07, 6.45) is 1.69. The summed E-state index contributed by atoms with van der Waals surface area (Å²) in [6, 6.07) is 6.08. The summed E-state index contributed by atoms with van der Waals surface area (Å²) < 4.78 is 5.21. The van der Waals surface area contributed by atoms with Gasteiger partial charge in [0.05, 0.1) is 30.6 Å². The van der Waals surface area contributed by atoms with Crippen molar-refractivity contribution in [1.82, 2.24) is 15.4 Å². The zero-order chi connectivity index (χ0) is 10.3. The van der Waals surface area contributed by atoms with Gasteiger partial charge in [0.25, 0.3) is 0 Å². The minimum absolute atomic E-state index is 0.223. The first-order valence-corrected chi connectivity index (χ1v) is 4.83. The molecular weight excluding hydrogens is 192 g/mol. The third kappa shape index (κ3) is 1.18. The molecule has 1 fully saturated rings. The average molecular weight is 204 g/mol. The minimum Gasteiger partial charge on any atom is -0.377 e. The number of nitrogens with zero attached hydrogens (tertiary/aromatic N) is 1. The van der Waals surface area contributed by atoms with Gasteiger partial charge >= 0.3 is 0 Å². The molecular formula is C10H12N4O. The summed E-state index contributed by atoms with van der Waals surface area (Å²) in [4.78, 5) is 7.26. The summed E-state index contributed by atoms with van der Waals surface area (Å²) in [6.45, 7) is 1.23. The molecule has 5 heteroatoms. The van der Waals surface area contributed by atoms with Crippen molar-refractivity contribution in [3.8, 4) is 0 Å². The summed E-state index contributed by atoms with van der Waals surface area (Å²) in [7, 11) is 0. The van der Waals surface area contributed by atoms with Gasteiger partial charge in [-0.05, 0) is 17.7 Å². The van der Waals surface area contributed by atoms with E-state index in [0.717, 1.165) is 16.6 Å². The van der Waals surface area contributed by atoms with Crippen molar-refractivity contribution in [2.45, 2.75) is 5.54 Å². The van der Waals surface area contributed by atoms with E-state index in [2.05, 4.69) is 21.5 Å². The molecule has 78 valence electrons. The molecule has 5 nitrogen and oxygen atoms in total. The topological polar surface area (TPSA) is 76.0 Å². The number of aromatic amines is 1. The monoisotopic (exact) mass is 204 g/mol. The van der Waals surface area contributed by atoms with Gasteiger partial charge < -0.3 is 9.72 Å². The quantitative estimate of drug-likeness (QED) is 0.484. The van der Waals surface area contributed by atoms with Gasteiger partial charge in [-0.3, -0.25) is 5.84 Å². The molecule has 0 spiro atoms. The second kappa shape index (κ2) is 3.03. The highest BCUT2D eigenvalue weighted by molar-refractivity contribution is 5.75. The molecule has 0 atom stereocenters. The fourth-order valence-corrected chi connectivity index (χ4v) is 1.87. The van der Waals surface area contributed by atoms with E-state index < -0.39 is 0 Å². The van der Waals surface area contributed by atoms with Gasteiger partial charge in [0.2, 0.25) is 0 Å². The smallest absolute Gasteiger partial charge is 0.104 e. The zero-order valence-electron chi connectivity index (χ0n) is 8.16. The third-order valence-corrected chi connectivity index (χ3v) is 2.95. The predicted octanol–water partition coefficient (Wildman–Crippen LogP) is 0.252. The second-order valence-electron chi connectivity index (χ2n) is 3.85. The van der Waals surface area contributed by atoms with Crippen LogP contribution in [0, 0.1) is 0 Å². The predicted molar refractivity (Wildman–Crippen MR) is 55.9 cm³/mol. The third-order valence-electron chi connectivity index (χ3n) is 2.95. The van der Waals surface area contributed by atoms with Crippen LogP contribution in [-0.2, 0) is 10.3 Å². The second-order valence-corrected chi connectivity index (χ2v) is 3.85. The molecule has 0 amide bonds. The van der Waals surface area contributed by atoms with E-state index in [1.54, 1.807) is 6.33 Å². The van der Waals surface area contributed by atoms with Crippen molar-refractivity contribution < 1.29 is 4.74 Å². The first-order chi connectivity index (χ1) is 7.34. The van der Waals surface area contributed by atoms with E-state index >= 15 is 0 Å². The maximum Gasteiger partial charge on any atom is 0.104 e. The number of ether oxygens (including phenoxy) is 1. The lowest BCUT2D eigenvalue weighted by atomic mass is 9.88. The summed E-state index contributed by atoms with van der Waals surface area (Å²) >= 11 is 0. The van der Waals surface area contributed by atoms with Crippen LogP contribution < -0.4 is 11.3 Å². The Morgan fingerprint density at radius 2 is 2.33 bits per heavy atom. The first-order valence-electron chi connectivity index (χ1n) is 4.83. The van der Waals surface area contributed by atoms with Crippen LogP contribution in [0.15, 0.2) is 24.5 Å². The van der Waals surface area contributed by atoms with E-state index in [-0.39, 0.29) is 5.54 Å². The Hall–Kier alpha value is -1.43. The van der Waals surface area contributed by atoms with Gasteiger partial charge in [0, 0.05) is 0 Å². The van der Waals surface area contributed by atoms with Gasteiger partial charge in [0.15, 0.2) is 0 Å². The van der Waals surface area contributed by atoms with Gasteiger partial charge in [-0.1, -0.05) is 6.07 Å². The Balaban J connectivity index is 2.10. The highest BCUT2D eigenvalue weighted by Gasteiger charge is 2.39. The molecule has 1 aromatic heterocycles. The Bertz CT molecular complexity index is 483. The van der Waals surface area contributed by atoms with Gasteiger partial charge in [-0.15, -0.1) is 0 Å². The lowest BCUT2D eigenvalue weighted by molar-refractivity contribution is -0.0786. The average Bonchev–Trinajstić information content (AvgIpc) is 2.64. The van der Waals surface area contributed by atoms with Crippen molar-refractivity contribution in [3.63, 3.8) is 0 Å². The number of nitrogens with one attached hydrogen (secondary N) is 2. The van der Waals surface area contributed by atoms with Crippen LogP contribution in [0.1, 0.15) is 5.56 Å². The molecule has 0 radical (unpaired) electrons. The molecule has 1 aromatic carbocycles. The lowest BCUT2D eigenvalue weighted by Gasteiger charge is -2.41. The molecule has 0 aliphatic carbocycles. The number of hydrogen-bond donors (Lipinski definition) is 3. The molecule has 2 heterocycles. The van der Waals surface area contributed by atoms with Crippen molar-refractivity contribution in [2.75, 3.05) is 13.2 Å². The molecule has 15 heavy (non-hydrogen) atoms. The van der Waals surface area contributed by atoms with Crippen LogP contribution in [0.5, 0.6) is 0 Å². The molecule has 0 unspecified atom stereocenters. The van der Waals surface area contributed by atoms with E-state index in [9.17, 15) is 0 Å². The van der Waals surface area contributed by atoms with Crippen LogP contribution >= 0.6 is 0 Å². The van der Waals surface area contributed by atoms with Gasteiger partial charge in [-0.2, -0.15) is 0 Å². The first kappa shape index (κ1) is 8.84. The molecule has 0 bridgehead atoms. The van der Waals surface area contributed by atoms with Crippen LogP contribution in [0.4, 0.5) is 0 Å². The maximum atomic E-state index is 5.56. The zero-order valence-corrected chi connectivity index (χ0v) is 8.16. The number of nitrogens with two attached hydrogens (primary N) is 1.